The summed E-state index contributed by atoms with van der Waals surface area (Å²) >= 11 is 0. The number of ether oxygens (including phenoxy) is 1. The highest BCUT2D eigenvalue weighted by atomic mass is 19.3. The molecule has 13 heavy (non-hydrogen) atoms. The van der Waals surface area contributed by atoms with Crippen LogP contribution in [0.3, 0.4) is 0 Å². The molecule has 0 spiro atoms. The maximum absolute atomic E-state index is 12.9. The molecular formula is C8H10F2O3. The molecule has 0 N–H and O–H groups in total. The minimum atomic E-state index is -3.11. The fourth-order valence-electron chi connectivity index (χ4n) is 1.27. The second kappa shape index (κ2) is 3.40. The molecule has 1 rings (SSSR count). The van der Waals surface area contributed by atoms with Gasteiger partial charge in [-0.25, -0.2) is 8.78 Å². The van der Waals surface area contributed by atoms with E-state index in [2.05, 4.69) is 4.74 Å². The standard InChI is InChI=1S/C8H10F2O3/c1-2-5-3-8(9,10)4-6(11)13-7(5)12/h5H,2-4H2,1H3/t5-/m0/s1. The fraction of sp³-hybridized carbons (Fsp3) is 0.750. The second-order valence-corrected chi connectivity index (χ2v) is 3.14. The van der Waals surface area contributed by atoms with Gasteiger partial charge in [-0.05, 0) is 6.42 Å². The molecule has 1 heterocycles. The Labute approximate surface area is 74.1 Å². The second-order valence-electron chi connectivity index (χ2n) is 3.14. The first kappa shape index (κ1) is 10.1. The number of rotatable bonds is 1. The molecule has 74 valence electrons. The molecule has 1 aliphatic heterocycles. The predicted molar refractivity (Wildman–Crippen MR) is 39.1 cm³/mol. The number of esters is 2. The first-order valence-electron chi connectivity index (χ1n) is 4.07. The van der Waals surface area contributed by atoms with Crippen LogP contribution in [0, 0.1) is 5.92 Å². The molecule has 0 aromatic carbocycles. The van der Waals surface area contributed by atoms with Crippen LogP contribution in [-0.4, -0.2) is 17.9 Å². The van der Waals surface area contributed by atoms with Crippen molar-refractivity contribution in [2.75, 3.05) is 0 Å². The molecule has 1 aliphatic rings. The smallest absolute Gasteiger partial charge is 0.319 e. The number of halogens is 2. The number of carbonyl (C=O) groups is 2. The Morgan fingerprint density at radius 1 is 1.54 bits per heavy atom. The van der Waals surface area contributed by atoms with Gasteiger partial charge in [0.2, 0.25) is 0 Å². The van der Waals surface area contributed by atoms with E-state index in [0.29, 0.717) is 0 Å². The molecule has 1 fully saturated rings. The van der Waals surface area contributed by atoms with Crippen molar-refractivity contribution in [3.8, 4) is 0 Å². The first-order valence-corrected chi connectivity index (χ1v) is 4.07. The van der Waals surface area contributed by atoms with Crippen molar-refractivity contribution in [1.82, 2.24) is 0 Å². The molecule has 0 aromatic rings. The zero-order valence-corrected chi connectivity index (χ0v) is 7.18. The topological polar surface area (TPSA) is 43.4 Å². The largest absolute Gasteiger partial charge is 0.393 e. The molecule has 0 saturated carbocycles. The van der Waals surface area contributed by atoms with E-state index in [4.69, 9.17) is 0 Å². The third kappa shape index (κ3) is 2.47. The monoisotopic (exact) mass is 192 g/mol. The molecule has 0 bridgehead atoms. The summed E-state index contributed by atoms with van der Waals surface area (Å²) in [5.74, 6) is -5.93. The number of hydrogen-bond donors (Lipinski definition) is 0. The number of hydrogen-bond acceptors (Lipinski definition) is 3. The van der Waals surface area contributed by atoms with Gasteiger partial charge in [-0.1, -0.05) is 6.92 Å². The van der Waals surface area contributed by atoms with E-state index >= 15 is 0 Å². The lowest BCUT2D eigenvalue weighted by molar-refractivity contribution is -0.161. The van der Waals surface area contributed by atoms with Crippen LogP contribution in [0.5, 0.6) is 0 Å². The lowest BCUT2D eigenvalue weighted by Crippen LogP contribution is -2.22. The normalized spacial score (nSPS) is 28.1. The van der Waals surface area contributed by atoms with E-state index in [1.165, 1.54) is 0 Å². The molecule has 1 saturated heterocycles. The average molecular weight is 192 g/mol. The number of alkyl halides is 2. The van der Waals surface area contributed by atoms with E-state index in [0.717, 1.165) is 0 Å². The van der Waals surface area contributed by atoms with Crippen molar-refractivity contribution in [1.29, 1.82) is 0 Å². The molecule has 0 amide bonds. The van der Waals surface area contributed by atoms with Gasteiger partial charge in [-0.3, -0.25) is 9.59 Å². The van der Waals surface area contributed by atoms with Gasteiger partial charge in [-0.15, -0.1) is 0 Å². The maximum atomic E-state index is 12.9. The summed E-state index contributed by atoms with van der Waals surface area (Å²) in [4.78, 5) is 21.6. The van der Waals surface area contributed by atoms with Crippen molar-refractivity contribution < 1.29 is 23.1 Å². The van der Waals surface area contributed by atoms with Gasteiger partial charge >= 0.3 is 11.9 Å². The Morgan fingerprint density at radius 2 is 2.15 bits per heavy atom. The van der Waals surface area contributed by atoms with Crippen molar-refractivity contribution in [3.63, 3.8) is 0 Å². The van der Waals surface area contributed by atoms with Gasteiger partial charge in [0.15, 0.2) is 0 Å². The summed E-state index contributed by atoms with van der Waals surface area (Å²) in [5, 5.41) is 0. The molecule has 0 aromatic heterocycles. The van der Waals surface area contributed by atoms with Crippen LogP contribution in [0.2, 0.25) is 0 Å². The van der Waals surface area contributed by atoms with Gasteiger partial charge < -0.3 is 4.74 Å². The summed E-state index contributed by atoms with van der Waals surface area (Å²) in [7, 11) is 0. The summed E-state index contributed by atoms with van der Waals surface area (Å²) in [6.07, 6.45) is -1.31. The Hall–Kier alpha value is -1.00. The predicted octanol–water partition coefficient (Wildman–Crippen LogP) is 1.51. The summed E-state index contributed by atoms with van der Waals surface area (Å²) in [6.45, 7) is 1.61. The van der Waals surface area contributed by atoms with Gasteiger partial charge in [0.05, 0.1) is 5.92 Å². The highest BCUT2D eigenvalue weighted by Gasteiger charge is 2.42. The van der Waals surface area contributed by atoms with Gasteiger partial charge in [-0.2, -0.15) is 0 Å². The SMILES string of the molecule is CC[C@H]1CC(F)(F)CC(=O)OC1=O. The van der Waals surface area contributed by atoms with Crippen LogP contribution in [0.1, 0.15) is 26.2 Å². The van der Waals surface area contributed by atoms with E-state index in [-0.39, 0.29) is 6.42 Å². The van der Waals surface area contributed by atoms with Crippen LogP contribution in [0.15, 0.2) is 0 Å². The molecule has 5 heteroatoms. The lowest BCUT2D eigenvalue weighted by atomic mass is 9.98. The van der Waals surface area contributed by atoms with Crippen molar-refractivity contribution in [3.05, 3.63) is 0 Å². The average Bonchev–Trinajstić information content (AvgIpc) is 2.06. The van der Waals surface area contributed by atoms with E-state index in [1.54, 1.807) is 6.92 Å². The summed E-state index contributed by atoms with van der Waals surface area (Å²) in [6, 6.07) is 0. The van der Waals surface area contributed by atoms with Gasteiger partial charge in [0.25, 0.3) is 5.92 Å². The summed E-state index contributed by atoms with van der Waals surface area (Å²) in [5.41, 5.74) is 0. The van der Waals surface area contributed by atoms with Crippen LogP contribution in [0.4, 0.5) is 8.78 Å². The molecule has 1 atom stereocenters. The molecule has 0 aliphatic carbocycles. The van der Waals surface area contributed by atoms with Crippen LogP contribution < -0.4 is 0 Å². The Morgan fingerprint density at radius 3 is 2.69 bits per heavy atom. The zero-order chi connectivity index (χ0) is 10.1. The Kier molecular flexibility index (Phi) is 2.63. The lowest BCUT2D eigenvalue weighted by Gasteiger charge is -2.13. The Bertz CT molecular complexity index is 238. The number of cyclic esters (lactones) is 2. The van der Waals surface area contributed by atoms with Crippen LogP contribution in [0.25, 0.3) is 0 Å². The van der Waals surface area contributed by atoms with Crippen molar-refractivity contribution in [2.24, 2.45) is 5.92 Å². The number of carbonyl (C=O) groups excluding carboxylic acids is 2. The minimum Gasteiger partial charge on any atom is -0.393 e. The first-order chi connectivity index (χ1) is 5.94. The van der Waals surface area contributed by atoms with E-state index in [9.17, 15) is 18.4 Å². The molecular weight excluding hydrogens is 182 g/mol. The summed E-state index contributed by atoms with van der Waals surface area (Å²) < 4.78 is 29.9. The zero-order valence-electron chi connectivity index (χ0n) is 7.18. The highest BCUT2D eigenvalue weighted by Crippen LogP contribution is 2.32. The molecule has 0 unspecified atom stereocenters. The van der Waals surface area contributed by atoms with Crippen LogP contribution >= 0.6 is 0 Å². The third-order valence-corrected chi connectivity index (χ3v) is 1.99. The highest BCUT2D eigenvalue weighted by molar-refractivity contribution is 5.88. The van der Waals surface area contributed by atoms with Gasteiger partial charge in [0, 0.05) is 6.42 Å². The van der Waals surface area contributed by atoms with Crippen LogP contribution in [-0.2, 0) is 14.3 Å². The van der Waals surface area contributed by atoms with E-state index in [1.807, 2.05) is 0 Å². The van der Waals surface area contributed by atoms with Crippen molar-refractivity contribution in [2.45, 2.75) is 32.1 Å². The quantitative estimate of drug-likeness (QED) is 0.467. The van der Waals surface area contributed by atoms with E-state index < -0.39 is 36.6 Å². The van der Waals surface area contributed by atoms with Gasteiger partial charge in [0.1, 0.15) is 6.42 Å². The third-order valence-electron chi connectivity index (χ3n) is 1.99. The molecule has 3 nitrogen and oxygen atoms in total. The maximum Gasteiger partial charge on any atom is 0.319 e. The fourth-order valence-corrected chi connectivity index (χ4v) is 1.27. The minimum absolute atomic E-state index is 0.266. The Balaban J connectivity index is 2.81. The molecule has 0 radical (unpaired) electrons. The van der Waals surface area contributed by atoms with Crippen molar-refractivity contribution >= 4 is 11.9 Å².